The number of nitrogen functional groups attached to an aromatic ring is 1. The number of rotatable bonds is 5. The first kappa shape index (κ1) is 18.4. The van der Waals surface area contributed by atoms with Gasteiger partial charge in [0.25, 0.3) is 0 Å². The average molecular weight is 341 g/mol. The van der Waals surface area contributed by atoms with Gasteiger partial charge in [0.2, 0.25) is 0 Å². The van der Waals surface area contributed by atoms with Crippen molar-refractivity contribution in [2.75, 3.05) is 5.73 Å². The van der Waals surface area contributed by atoms with Crippen LogP contribution in [-0.4, -0.2) is 16.2 Å². The van der Waals surface area contributed by atoms with E-state index in [0.29, 0.717) is 29.0 Å². The molecule has 0 bridgehead atoms. The molecule has 0 fully saturated rings. The first-order valence-corrected chi connectivity index (χ1v) is 8.03. The lowest BCUT2D eigenvalue weighted by atomic mass is 9.84. The van der Waals surface area contributed by atoms with Crippen molar-refractivity contribution < 1.29 is 15.0 Å². The summed E-state index contributed by atoms with van der Waals surface area (Å²) < 4.78 is 0. The van der Waals surface area contributed by atoms with Gasteiger partial charge in [0.1, 0.15) is 17.1 Å². The van der Waals surface area contributed by atoms with E-state index in [1.165, 1.54) is 0 Å². The summed E-state index contributed by atoms with van der Waals surface area (Å²) in [6, 6.07) is 10.5. The number of azo groups is 1. The number of aryl methyl sites for hydroxylation is 1. The molecule has 0 aliphatic rings. The van der Waals surface area contributed by atoms with E-state index >= 15 is 0 Å². The fourth-order valence-electron chi connectivity index (χ4n) is 2.41. The van der Waals surface area contributed by atoms with E-state index in [4.69, 9.17) is 10.8 Å². The van der Waals surface area contributed by atoms with E-state index in [2.05, 4.69) is 10.2 Å². The van der Waals surface area contributed by atoms with Crippen LogP contribution in [0.15, 0.2) is 46.6 Å². The highest BCUT2D eigenvalue weighted by Crippen LogP contribution is 2.40. The molecular weight excluding hydrogens is 318 g/mol. The molecule has 2 aromatic carbocycles. The van der Waals surface area contributed by atoms with Crippen LogP contribution < -0.4 is 5.73 Å². The van der Waals surface area contributed by atoms with Crippen LogP contribution in [0.5, 0.6) is 5.75 Å². The Kier molecular flexibility index (Phi) is 5.41. The van der Waals surface area contributed by atoms with Crippen molar-refractivity contribution in [3.05, 3.63) is 47.5 Å². The maximum atomic E-state index is 10.8. The lowest BCUT2D eigenvalue weighted by Crippen LogP contribution is -2.12. The highest BCUT2D eigenvalue weighted by molar-refractivity contribution is 5.68. The first-order valence-electron chi connectivity index (χ1n) is 8.03. The number of nitrogens with two attached hydrogens (primary N) is 1. The molecule has 2 rings (SSSR count). The van der Waals surface area contributed by atoms with Gasteiger partial charge in [-0.05, 0) is 35.6 Å². The third-order valence-corrected chi connectivity index (χ3v) is 3.79. The Balaban J connectivity index is 2.46. The molecule has 25 heavy (non-hydrogen) atoms. The number of carbonyl (C=O) groups is 1. The van der Waals surface area contributed by atoms with Gasteiger partial charge in [-0.25, -0.2) is 0 Å². The third-order valence-electron chi connectivity index (χ3n) is 3.79. The zero-order chi connectivity index (χ0) is 18.6. The second-order valence-electron chi connectivity index (χ2n) is 6.91. The van der Waals surface area contributed by atoms with Crippen LogP contribution in [0.4, 0.5) is 17.1 Å². The summed E-state index contributed by atoms with van der Waals surface area (Å²) in [4.78, 5) is 10.8. The normalized spacial score (nSPS) is 11.8. The number of hydrogen-bond donors (Lipinski definition) is 3. The smallest absolute Gasteiger partial charge is 0.303 e. The van der Waals surface area contributed by atoms with E-state index in [1.54, 1.807) is 30.3 Å². The largest absolute Gasteiger partial charge is 0.505 e. The highest BCUT2D eigenvalue weighted by atomic mass is 16.4. The maximum Gasteiger partial charge on any atom is 0.303 e. The first-order chi connectivity index (χ1) is 11.7. The third kappa shape index (κ3) is 4.79. The molecule has 0 aliphatic carbocycles. The SMILES string of the molecule is CC(C)(C)c1cc(CCC(=O)O)cc(N=Nc2ccccc2N)c1O. The molecule has 0 amide bonds. The number of carboxylic acid groups (broad SMARTS) is 1. The minimum atomic E-state index is -0.870. The van der Waals surface area contributed by atoms with E-state index < -0.39 is 5.97 Å². The van der Waals surface area contributed by atoms with E-state index in [1.807, 2.05) is 26.8 Å². The van der Waals surface area contributed by atoms with Gasteiger partial charge in [0, 0.05) is 12.0 Å². The predicted molar refractivity (Wildman–Crippen MR) is 97.8 cm³/mol. The van der Waals surface area contributed by atoms with Crippen LogP contribution in [0.25, 0.3) is 0 Å². The molecule has 0 saturated carbocycles. The predicted octanol–water partition coefficient (Wildman–Crippen LogP) is 4.70. The minimum absolute atomic E-state index is 0.0105. The Morgan fingerprint density at radius 1 is 1.12 bits per heavy atom. The van der Waals surface area contributed by atoms with Crippen molar-refractivity contribution >= 4 is 23.0 Å². The molecular formula is C19H23N3O3. The Labute approximate surface area is 147 Å². The number of para-hydroxylation sites is 1. The van der Waals surface area contributed by atoms with E-state index in [0.717, 1.165) is 5.56 Å². The number of aromatic hydroxyl groups is 1. The molecule has 0 aliphatic heterocycles. The highest BCUT2D eigenvalue weighted by Gasteiger charge is 2.21. The molecule has 6 heteroatoms. The molecule has 4 N–H and O–H groups in total. The molecule has 0 spiro atoms. The van der Waals surface area contributed by atoms with Crippen molar-refractivity contribution in [2.24, 2.45) is 10.2 Å². The second kappa shape index (κ2) is 7.34. The van der Waals surface area contributed by atoms with Crippen molar-refractivity contribution in [2.45, 2.75) is 39.0 Å². The van der Waals surface area contributed by atoms with Gasteiger partial charge in [0.05, 0.1) is 5.69 Å². The van der Waals surface area contributed by atoms with E-state index in [-0.39, 0.29) is 17.6 Å². The molecule has 6 nitrogen and oxygen atoms in total. The van der Waals surface area contributed by atoms with Crippen LogP contribution in [0, 0.1) is 0 Å². The Hall–Kier alpha value is -2.89. The lowest BCUT2D eigenvalue weighted by molar-refractivity contribution is -0.136. The number of aliphatic carboxylic acids is 1. The number of phenolic OH excluding ortho intramolecular Hbond substituents is 1. The van der Waals surface area contributed by atoms with E-state index in [9.17, 15) is 9.90 Å². The number of phenols is 1. The number of anilines is 1. The molecule has 132 valence electrons. The zero-order valence-corrected chi connectivity index (χ0v) is 14.7. The summed E-state index contributed by atoms with van der Waals surface area (Å²) in [6.45, 7) is 5.91. The molecule has 0 atom stereocenters. The number of carboxylic acids is 1. The molecule has 0 heterocycles. The summed E-state index contributed by atoms with van der Waals surface area (Å²) in [5.41, 5.74) is 8.32. The number of nitrogens with zero attached hydrogens (tertiary/aromatic N) is 2. The van der Waals surface area contributed by atoms with Crippen molar-refractivity contribution in [3.63, 3.8) is 0 Å². The quantitative estimate of drug-likeness (QED) is 0.541. The molecule has 0 saturated heterocycles. The molecule has 0 radical (unpaired) electrons. The van der Waals surface area contributed by atoms with Crippen molar-refractivity contribution in [3.8, 4) is 5.75 Å². The molecule has 0 aromatic heterocycles. The van der Waals surface area contributed by atoms with Gasteiger partial charge in [0.15, 0.2) is 0 Å². The van der Waals surface area contributed by atoms with Crippen LogP contribution in [-0.2, 0) is 16.6 Å². The lowest BCUT2D eigenvalue weighted by Gasteiger charge is -2.22. The summed E-state index contributed by atoms with van der Waals surface area (Å²) in [6.07, 6.45) is 0.366. The Bertz CT molecular complexity index is 808. The monoisotopic (exact) mass is 341 g/mol. The van der Waals surface area contributed by atoms with Crippen LogP contribution in [0.1, 0.15) is 38.3 Å². The summed E-state index contributed by atoms with van der Waals surface area (Å²) in [7, 11) is 0. The van der Waals surface area contributed by atoms with Gasteiger partial charge >= 0.3 is 5.97 Å². The molecule has 0 unspecified atom stereocenters. The van der Waals surface area contributed by atoms with Gasteiger partial charge in [-0.3, -0.25) is 4.79 Å². The van der Waals surface area contributed by atoms with Crippen molar-refractivity contribution in [1.29, 1.82) is 0 Å². The fraction of sp³-hybridized carbons (Fsp3) is 0.316. The fourth-order valence-corrected chi connectivity index (χ4v) is 2.41. The van der Waals surface area contributed by atoms with Crippen molar-refractivity contribution in [1.82, 2.24) is 0 Å². The number of benzene rings is 2. The van der Waals surface area contributed by atoms with Gasteiger partial charge in [-0.15, -0.1) is 10.2 Å². The summed E-state index contributed by atoms with van der Waals surface area (Å²) in [5.74, 6) is -0.824. The summed E-state index contributed by atoms with van der Waals surface area (Å²) >= 11 is 0. The Morgan fingerprint density at radius 3 is 2.36 bits per heavy atom. The van der Waals surface area contributed by atoms with Crippen LogP contribution >= 0.6 is 0 Å². The average Bonchev–Trinajstić information content (AvgIpc) is 2.52. The zero-order valence-electron chi connectivity index (χ0n) is 14.7. The maximum absolute atomic E-state index is 10.8. The van der Waals surface area contributed by atoms with Gasteiger partial charge in [-0.2, -0.15) is 0 Å². The van der Waals surface area contributed by atoms with Gasteiger partial charge < -0.3 is 15.9 Å². The van der Waals surface area contributed by atoms with Gasteiger partial charge in [-0.1, -0.05) is 39.0 Å². The number of hydrogen-bond acceptors (Lipinski definition) is 5. The molecule has 2 aromatic rings. The van der Waals surface area contributed by atoms with Crippen LogP contribution in [0.2, 0.25) is 0 Å². The topological polar surface area (TPSA) is 108 Å². The minimum Gasteiger partial charge on any atom is -0.505 e. The Morgan fingerprint density at radius 2 is 1.76 bits per heavy atom. The summed E-state index contributed by atoms with van der Waals surface area (Å²) in [5, 5.41) is 27.7. The standard InChI is InChI=1S/C19H23N3O3/c1-19(2,3)13-10-12(8-9-17(23)24)11-16(18(13)25)22-21-15-7-5-4-6-14(15)20/h4-7,10-11,25H,8-9,20H2,1-3H3,(H,23,24). The second-order valence-corrected chi connectivity index (χ2v) is 6.91. The van der Waals surface area contributed by atoms with Crippen LogP contribution in [0.3, 0.4) is 0 Å².